The standard InChI is InChI=1S/C20H14F2N4O3/c1-10-13(7-11-4-6-24-19(23)18(11)22)20(27)29-15-9-12(8-14(21)17(10)15)28-16-3-2-5-25-26-16/h2-6,8-9H,7H2,1H3,(H2,23,24). The Labute approximate surface area is 162 Å². The van der Waals surface area contributed by atoms with Crippen molar-refractivity contribution in [2.45, 2.75) is 13.3 Å². The second kappa shape index (κ2) is 7.27. The van der Waals surface area contributed by atoms with Gasteiger partial charge in [-0.2, -0.15) is 5.10 Å². The Kier molecular flexibility index (Phi) is 4.63. The molecule has 0 aliphatic heterocycles. The molecule has 3 heterocycles. The second-order valence-electron chi connectivity index (χ2n) is 6.28. The number of ether oxygens (including phenoxy) is 1. The Balaban J connectivity index is 1.79. The van der Waals surface area contributed by atoms with Gasteiger partial charge in [-0.1, -0.05) is 0 Å². The van der Waals surface area contributed by atoms with Crippen LogP contribution in [0.3, 0.4) is 0 Å². The number of hydrogen-bond donors (Lipinski definition) is 1. The molecule has 7 nitrogen and oxygen atoms in total. The molecule has 0 amide bonds. The minimum Gasteiger partial charge on any atom is -0.437 e. The number of anilines is 1. The van der Waals surface area contributed by atoms with Gasteiger partial charge < -0.3 is 14.9 Å². The largest absolute Gasteiger partial charge is 0.437 e. The van der Waals surface area contributed by atoms with Crippen molar-refractivity contribution in [3.63, 3.8) is 0 Å². The van der Waals surface area contributed by atoms with Crippen LogP contribution in [0.1, 0.15) is 16.7 Å². The maximum atomic E-state index is 14.8. The summed E-state index contributed by atoms with van der Waals surface area (Å²) in [6.07, 6.45) is 2.69. The summed E-state index contributed by atoms with van der Waals surface area (Å²) in [5.41, 5.74) is 5.40. The molecule has 29 heavy (non-hydrogen) atoms. The quantitative estimate of drug-likeness (QED) is 0.526. The number of pyridine rings is 1. The number of nitrogens with two attached hydrogens (primary N) is 1. The van der Waals surface area contributed by atoms with E-state index in [0.29, 0.717) is 5.56 Å². The van der Waals surface area contributed by atoms with Crippen molar-refractivity contribution in [1.29, 1.82) is 0 Å². The molecule has 2 N–H and O–H groups in total. The van der Waals surface area contributed by atoms with Gasteiger partial charge in [0, 0.05) is 42.6 Å². The van der Waals surface area contributed by atoms with Gasteiger partial charge in [0.2, 0.25) is 5.88 Å². The zero-order valence-electron chi connectivity index (χ0n) is 15.1. The first-order chi connectivity index (χ1) is 13.9. The van der Waals surface area contributed by atoms with Crippen LogP contribution in [0, 0.1) is 18.6 Å². The summed E-state index contributed by atoms with van der Waals surface area (Å²) in [5.74, 6) is -1.40. The van der Waals surface area contributed by atoms with Gasteiger partial charge in [0.15, 0.2) is 11.6 Å². The van der Waals surface area contributed by atoms with E-state index in [2.05, 4.69) is 15.2 Å². The van der Waals surface area contributed by atoms with E-state index < -0.39 is 17.3 Å². The molecule has 1 aromatic carbocycles. The van der Waals surface area contributed by atoms with Gasteiger partial charge in [-0.25, -0.2) is 18.6 Å². The van der Waals surface area contributed by atoms with Crippen LogP contribution in [0.25, 0.3) is 11.0 Å². The van der Waals surface area contributed by atoms with Crippen LogP contribution >= 0.6 is 0 Å². The lowest BCUT2D eigenvalue weighted by molar-refractivity contribution is 0.449. The molecule has 0 saturated heterocycles. The third-order valence-electron chi connectivity index (χ3n) is 4.44. The van der Waals surface area contributed by atoms with E-state index in [9.17, 15) is 13.6 Å². The molecule has 0 saturated carbocycles. The lowest BCUT2D eigenvalue weighted by Crippen LogP contribution is -2.13. The number of nitrogen functional groups attached to an aromatic ring is 1. The first kappa shape index (κ1) is 18.5. The Morgan fingerprint density at radius 1 is 1.21 bits per heavy atom. The summed E-state index contributed by atoms with van der Waals surface area (Å²) < 4.78 is 39.8. The molecule has 0 bridgehead atoms. The number of halogens is 2. The average Bonchev–Trinajstić information content (AvgIpc) is 2.68. The fourth-order valence-corrected chi connectivity index (χ4v) is 3.02. The molecule has 3 aromatic heterocycles. The topological polar surface area (TPSA) is 104 Å². The fraction of sp³-hybridized carbons (Fsp3) is 0.100. The van der Waals surface area contributed by atoms with E-state index in [1.807, 2.05) is 0 Å². The first-order valence-corrected chi connectivity index (χ1v) is 8.54. The minimum atomic E-state index is -0.723. The van der Waals surface area contributed by atoms with Crippen LogP contribution in [0.2, 0.25) is 0 Å². The number of aryl methyl sites for hydroxylation is 1. The van der Waals surface area contributed by atoms with Crippen LogP contribution < -0.4 is 16.1 Å². The molecule has 0 atom stereocenters. The SMILES string of the molecule is Cc1c(Cc2ccnc(N)c2F)c(=O)oc2cc(Oc3cccnn3)cc(F)c12. The third kappa shape index (κ3) is 3.49. The van der Waals surface area contributed by atoms with Crippen molar-refractivity contribution in [1.82, 2.24) is 15.2 Å². The van der Waals surface area contributed by atoms with Gasteiger partial charge >= 0.3 is 5.63 Å². The second-order valence-corrected chi connectivity index (χ2v) is 6.28. The number of hydrogen-bond acceptors (Lipinski definition) is 7. The smallest absolute Gasteiger partial charge is 0.340 e. The minimum absolute atomic E-state index is 0.00449. The van der Waals surface area contributed by atoms with Gasteiger partial charge in [0.25, 0.3) is 0 Å². The van der Waals surface area contributed by atoms with Gasteiger partial charge in [0.05, 0.1) is 5.39 Å². The van der Waals surface area contributed by atoms with Crippen LogP contribution in [-0.4, -0.2) is 15.2 Å². The number of benzene rings is 1. The number of aromatic nitrogens is 3. The third-order valence-corrected chi connectivity index (χ3v) is 4.44. The molecular formula is C20H14F2N4O3. The molecular weight excluding hydrogens is 382 g/mol. The number of rotatable bonds is 4. The normalized spacial score (nSPS) is 11.0. The lowest BCUT2D eigenvalue weighted by Gasteiger charge is -2.11. The molecule has 4 rings (SSSR count). The van der Waals surface area contributed by atoms with E-state index in [1.54, 1.807) is 19.1 Å². The van der Waals surface area contributed by atoms with E-state index in [4.69, 9.17) is 14.9 Å². The highest BCUT2D eigenvalue weighted by Crippen LogP contribution is 2.30. The molecule has 9 heteroatoms. The highest BCUT2D eigenvalue weighted by atomic mass is 19.1. The summed E-state index contributed by atoms with van der Waals surface area (Å²) in [5, 5.41) is 7.53. The summed E-state index contributed by atoms with van der Waals surface area (Å²) in [6.45, 7) is 1.57. The zero-order chi connectivity index (χ0) is 20.5. The lowest BCUT2D eigenvalue weighted by atomic mass is 9.99. The maximum absolute atomic E-state index is 14.8. The molecule has 0 unspecified atom stereocenters. The van der Waals surface area contributed by atoms with Crippen molar-refractivity contribution in [2.75, 3.05) is 5.73 Å². The van der Waals surface area contributed by atoms with Crippen LogP contribution in [-0.2, 0) is 6.42 Å². The predicted molar refractivity (Wildman–Crippen MR) is 101 cm³/mol. The monoisotopic (exact) mass is 396 g/mol. The first-order valence-electron chi connectivity index (χ1n) is 8.54. The van der Waals surface area contributed by atoms with E-state index in [-0.39, 0.29) is 46.0 Å². The zero-order valence-corrected chi connectivity index (χ0v) is 15.1. The molecule has 0 spiro atoms. The molecule has 4 aromatic rings. The Morgan fingerprint density at radius 2 is 2.03 bits per heavy atom. The maximum Gasteiger partial charge on any atom is 0.340 e. The van der Waals surface area contributed by atoms with Crippen molar-refractivity contribution in [3.8, 4) is 11.6 Å². The number of fused-ring (bicyclic) bond motifs is 1. The van der Waals surface area contributed by atoms with Crippen LogP contribution in [0.15, 0.2) is 51.9 Å². The highest BCUT2D eigenvalue weighted by molar-refractivity contribution is 5.83. The summed E-state index contributed by atoms with van der Waals surface area (Å²) in [4.78, 5) is 16.2. The highest BCUT2D eigenvalue weighted by Gasteiger charge is 2.19. The Morgan fingerprint density at radius 3 is 2.79 bits per heavy atom. The summed E-state index contributed by atoms with van der Waals surface area (Å²) in [6, 6.07) is 7.11. The van der Waals surface area contributed by atoms with Gasteiger partial charge in [-0.05, 0) is 30.2 Å². The fourth-order valence-electron chi connectivity index (χ4n) is 3.02. The van der Waals surface area contributed by atoms with Crippen LogP contribution in [0.4, 0.5) is 14.6 Å². The Hall–Kier alpha value is -3.88. The molecule has 0 aliphatic rings. The Bertz CT molecular complexity index is 1280. The van der Waals surface area contributed by atoms with E-state index in [1.165, 1.54) is 24.5 Å². The molecule has 0 aliphatic carbocycles. The average molecular weight is 396 g/mol. The van der Waals surface area contributed by atoms with Gasteiger partial charge in [0.1, 0.15) is 17.1 Å². The van der Waals surface area contributed by atoms with Crippen molar-refractivity contribution < 1.29 is 17.9 Å². The summed E-state index contributed by atoms with van der Waals surface area (Å²) in [7, 11) is 0. The van der Waals surface area contributed by atoms with E-state index in [0.717, 1.165) is 6.07 Å². The van der Waals surface area contributed by atoms with Crippen molar-refractivity contribution >= 4 is 16.8 Å². The van der Waals surface area contributed by atoms with E-state index >= 15 is 0 Å². The summed E-state index contributed by atoms with van der Waals surface area (Å²) >= 11 is 0. The molecule has 146 valence electrons. The van der Waals surface area contributed by atoms with Crippen LogP contribution in [0.5, 0.6) is 11.6 Å². The van der Waals surface area contributed by atoms with Crippen molar-refractivity contribution in [3.05, 3.63) is 81.5 Å². The number of nitrogens with zero attached hydrogens (tertiary/aromatic N) is 3. The van der Waals surface area contributed by atoms with Crippen molar-refractivity contribution in [2.24, 2.45) is 0 Å². The molecule has 0 fully saturated rings. The molecule has 0 radical (unpaired) electrons. The van der Waals surface area contributed by atoms with Gasteiger partial charge in [-0.15, -0.1) is 5.10 Å². The predicted octanol–water partition coefficient (Wildman–Crippen LogP) is 3.53. The van der Waals surface area contributed by atoms with Gasteiger partial charge in [-0.3, -0.25) is 0 Å².